The first-order valence-corrected chi connectivity index (χ1v) is 19.9. The van der Waals surface area contributed by atoms with E-state index in [9.17, 15) is 9.11 Å². The third-order valence-electron chi connectivity index (χ3n) is 8.17. The van der Waals surface area contributed by atoms with Gasteiger partial charge < -0.3 is 18.6 Å². The number of nitrogens with zero attached hydrogens (tertiary/aromatic N) is 2. The van der Waals surface area contributed by atoms with Crippen molar-refractivity contribution < 1.29 is 18.6 Å². The molecule has 2 N–H and O–H groups in total. The summed E-state index contributed by atoms with van der Waals surface area (Å²) in [5, 5.41) is 0.925. The van der Waals surface area contributed by atoms with Crippen molar-refractivity contribution in [2.24, 2.45) is 0 Å². The molecule has 0 fully saturated rings. The standard InChI is InChI=1S/C40H48Cl2N4O4S2/c1-11-15-33(45-51(47)39(3,4)5)29-21-23-31(43-37(29)49-9)27-19-13-17-25(35(27)41)26-18-14-20-28(36(26)42)32-24-22-30(38(44-32)50-10)34(16-12-2)46-52(48)40(6,7)8/h11-14,17-24,33-34,45-46H,1-2,15-16H2,3-10H3/t33?,34?,51-,52-/m1/s1. The summed E-state index contributed by atoms with van der Waals surface area (Å²) < 4.78 is 43.0. The minimum Gasteiger partial charge on any atom is -0.598 e. The zero-order chi connectivity index (χ0) is 38.4. The van der Waals surface area contributed by atoms with E-state index in [0.29, 0.717) is 68.3 Å². The number of aromatic nitrogens is 2. The van der Waals surface area contributed by atoms with Crippen molar-refractivity contribution in [3.8, 4) is 45.4 Å². The molecule has 8 nitrogen and oxygen atoms in total. The van der Waals surface area contributed by atoms with E-state index >= 15 is 0 Å². The van der Waals surface area contributed by atoms with E-state index in [1.165, 1.54) is 0 Å². The molecule has 0 aliphatic rings. The molecule has 0 saturated carbocycles. The van der Waals surface area contributed by atoms with Crippen LogP contribution in [0.5, 0.6) is 11.8 Å². The molecule has 2 heterocycles. The number of nitrogens with one attached hydrogen (secondary N) is 2. The Morgan fingerprint density at radius 3 is 1.31 bits per heavy atom. The highest BCUT2D eigenvalue weighted by Gasteiger charge is 2.32. The lowest BCUT2D eigenvalue weighted by Gasteiger charge is -2.28. The maximum absolute atomic E-state index is 13.0. The van der Waals surface area contributed by atoms with E-state index in [4.69, 9.17) is 42.6 Å². The highest BCUT2D eigenvalue weighted by Crippen LogP contribution is 2.43. The van der Waals surface area contributed by atoms with Crippen molar-refractivity contribution in [3.05, 3.63) is 107 Å². The molecule has 0 spiro atoms. The predicted octanol–water partition coefficient (Wildman–Crippen LogP) is 10.1. The summed E-state index contributed by atoms with van der Waals surface area (Å²) in [6, 6.07) is 18.3. The van der Waals surface area contributed by atoms with Crippen LogP contribution in [0.1, 0.15) is 77.6 Å². The van der Waals surface area contributed by atoms with Gasteiger partial charge in [0.1, 0.15) is 9.49 Å². The Morgan fingerprint density at radius 1 is 0.654 bits per heavy atom. The molecule has 4 atom stereocenters. The highest BCUT2D eigenvalue weighted by molar-refractivity contribution is 7.91. The number of benzene rings is 2. The molecule has 12 heteroatoms. The summed E-state index contributed by atoms with van der Waals surface area (Å²) in [5.74, 6) is 0.783. The molecular formula is C40H48Cl2N4O4S2. The van der Waals surface area contributed by atoms with Crippen molar-refractivity contribution >= 4 is 45.9 Å². The molecule has 0 bridgehead atoms. The quantitative estimate of drug-likeness (QED) is 0.0905. The molecule has 2 aromatic heterocycles. The zero-order valence-corrected chi connectivity index (χ0v) is 34.2. The second-order valence-corrected chi connectivity index (χ2v) is 18.8. The van der Waals surface area contributed by atoms with Gasteiger partial charge in [-0.3, -0.25) is 0 Å². The number of rotatable bonds is 15. The molecule has 278 valence electrons. The average Bonchev–Trinajstić information content (AvgIpc) is 3.10. The van der Waals surface area contributed by atoms with Crippen LogP contribution in [-0.4, -0.2) is 42.8 Å². The molecule has 0 aliphatic heterocycles. The van der Waals surface area contributed by atoms with Gasteiger partial charge >= 0.3 is 0 Å². The van der Waals surface area contributed by atoms with E-state index in [1.54, 1.807) is 26.4 Å². The summed E-state index contributed by atoms with van der Waals surface area (Å²) in [6.07, 6.45) is 4.60. The molecule has 0 aliphatic carbocycles. The SMILES string of the molecule is C=CCC(N[S@+]([O-])C(C)(C)C)c1ccc(-c2cccc(-c3cccc(-c4ccc(C(CC=C)N[S@+]([O-])C(C)(C)C)c(OC)n4)c3Cl)c2Cl)nc1OC. The van der Waals surface area contributed by atoms with E-state index < -0.39 is 32.2 Å². The van der Waals surface area contributed by atoms with Crippen LogP contribution < -0.4 is 18.9 Å². The van der Waals surface area contributed by atoms with Gasteiger partial charge in [0.15, 0.2) is 0 Å². The molecule has 4 rings (SSSR count). The first kappa shape index (κ1) is 41.7. The minimum atomic E-state index is -1.32. The first-order chi connectivity index (χ1) is 24.5. The Hall–Kier alpha value is -3.06. The van der Waals surface area contributed by atoms with Gasteiger partial charge in [0.25, 0.3) is 0 Å². The fourth-order valence-electron chi connectivity index (χ4n) is 5.36. The summed E-state index contributed by atoms with van der Waals surface area (Å²) >= 11 is 11.6. The van der Waals surface area contributed by atoms with Crippen LogP contribution >= 0.6 is 23.2 Å². The highest BCUT2D eigenvalue weighted by atomic mass is 35.5. The monoisotopic (exact) mass is 782 g/mol. The fraction of sp³-hybridized carbons (Fsp3) is 0.350. The van der Waals surface area contributed by atoms with Crippen LogP contribution in [0.2, 0.25) is 10.0 Å². The van der Waals surface area contributed by atoms with Crippen LogP contribution in [0.15, 0.2) is 86.0 Å². The number of pyridine rings is 2. The van der Waals surface area contributed by atoms with Gasteiger partial charge in [-0.05, 0) is 78.6 Å². The molecule has 2 aromatic carbocycles. The van der Waals surface area contributed by atoms with Crippen molar-refractivity contribution in [3.63, 3.8) is 0 Å². The molecular weight excluding hydrogens is 736 g/mol. The van der Waals surface area contributed by atoms with Crippen LogP contribution in [0.25, 0.3) is 33.6 Å². The van der Waals surface area contributed by atoms with Gasteiger partial charge in [-0.1, -0.05) is 71.8 Å². The van der Waals surface area contributed by atoms with Gasteiger partial charge in [-0.15, -0.1) is 22.6 Å². The summed E-state index contributed by atoms with van der Waals surface area (Å²) in [5.41, 5.74) is 5.53. The average molecular weight is 784 g/mol. The van der Waals surface area contributed by atoms with Gasteiger partial charge in [0.05, 0.1) is 47.7 Å². The Balaban J connectivity index is 1.72. The smallest absolute Gasteiger partial charge is 0.218 e. The Labute approximate surface area is 325 Å². The van der Waals surface area contributed by atoms with Gasteiger partial charge in [0, 0.05) is 56.1 Å². The van der Waals surface area contributed by atoms with E-state index in [2.05, 4.69) is 22.6 Å². The Bertz CT molecular complexity index is 1740. The van der Waals surface area contributed by atoms with Crippen molar-refractivity contribution in [2.45, 2.75) is 76.0 Å². The van der Waals surface area contributed by atoms with Gasteiger partial charge in [0.2, 0.25) is 11.8 Å². The Morgan fingerprint density at radius 2 is 1.00 bits per heavy atom. The predicted molar refractivity (Wildman–Crippen MR) is 219 cm³/mol. The lowest BCUT2D eigenvalue weighted by molar-refractivity contribution is 0.386. The number of hydrogen-bond acceptors (Lipinski definition) is 8. The number of hydrogen-bond donors (Lipinski definition) is 2. The summed E-state index contributed by atoms with van der Waals surface area (Å²) in [4.78, 5) is 9.67. The second kappa shape index (κ2) is 17.8. The second-order valence-electron chi connectivity index (χ2n) is 14.1. The maximum Gasteiger partial charge on any atom is 0.218 e. The third-order valence-corrected chi connectivity index (χ3v) is 12.2. The van der Waals surface area contributed by atoms with Crippen molar-refractivity contribution in [2.75, 3.05) is 14.2 Å². The largest absolute Gasteiger partial charge is 0.598 e. The van der Waals surface area contributed by atoms with Crippen molar-refractivity contribution in [1.29, 1.82) is 0 Å². The van der Waals surface area contributed by atoms with E-state index in [-0.39, 0.29) is 12.1 Å². The number of ether oxygens (including phenoxy) is 2. The maximum atomic E-state index is 13.0. The molecule has 4 aromatic rings. The summed E-state index contributed by atoms with van der Waals surface area (Å²) in [6.45, 7) is 19.3. The zero-order valence-electron chi connectivity index (χ0n) is 31.0. The van der Waals surface area contributed by atoms with Crippen LogP contribution in [-0.2, 0) is 22.7 Å². The molecule has 0 amide bonds. The fourth-order valence-corrected chi connectivity index (χ4v) is 7.68. The normalized spacial score (nSPS) is 14.3. The minimum absolute atomic E-state index is 0.324. The number of methoxy groups -OCH3 is 2. The van der Waals surface area contributed by atoms with Gasteiger partial charge in [-0.2, -0.15) is 0 Å². The van der Waals surface area contributed by atoms with Crippen LogP contribution in [0.3, 0.4) is 0 Å². The lowest BCUT2D eigenvalue weighted by atomic mass is 9.97. The van der Waals surface area contributed by atoms with E-state index in [1.807, 2.05) is 102 Å². The summed E-state index contributed by atoms with van der Waals surface area (Å²) in [7, 11) is 3.12. The lowest BCUT2D eigenvalue weighted by Crippen LogP contribution is -2.41. The first-order valence-electron chi connectivity index (χ1n) is 16.8. The topological polar surface area (TPSA) is 114 Å². The van der Waals surface area contributed by atoms with Crippen LogP contribution in [0, 0.1) is 0 Å². The van der Waals surface area contributed by atoms with E-state index in [0.717, 1.165) is 11.1 Å². The Kier molecular flexibility index (Phi) is 14.3. The third kappa shape index (κ3) is 9.72. The number of halogens is 2. The van der Waals surface area contributed by atoms with Crippen LogP contribution in [0.4, 0.5) is 0 Å². The molecule has 2 unspecified atom stereocenters. The molecule has 0 saturated heterocycles. The van der Waals surface area contributed by atoms with Gasteiger partial charge in [-0.25, -0.2) is 9.97 Å². The van der Waals surface area contributed by atoms with Crippen molar-refractivity contribution in [1.82, 2.24) is 19.4 Å². The molecule has 52 heavy (non-hydrogen) atoms. The molecule has 0 radical (unpaired) electrons.